The minimum absolute atomic E-state index is 0. The largest absolute Gasteiger partial charge is 0.388 e. The van der Waals surface area contributed by atoms with Gasteiger partial charge in [0.05, 0.1) is 5.60 Å². The van der Waals surface area contributed by atoms with Crippen molar-refractivity contribution in [2.75, 3.05) is 32.8 Å². The lowest BCUT2D eigenvalue weighted by molar-refractivity contribution is 0.0521. The fourth-order valence-electron chi connectivity index (χ4n) is 4.09. The topological polar surface area (TPSA) is 65.9 Å². The Bertz CT molecular complexity index is 392. The molecule has 0 spiro atoms. The maximum absolute atomic E-state index is 10.5. The summed E-state index contributed by atoms with van der Waals surface area (Å²) >= 11 is 0. The summed E-state index contributed by atoms with van der Waals surface area (Å²) in [6, 6.07) is 0. The second-order valence-electron chi connectivity index (χ2n) is 7.63. The van der Waals surface area contributed by atoms with E-state index in [9.17, 15) is 5.11 Å². The van der Waals surface area contributed by atoms with Crippen LogP contribution >= 0.6 is 24.0 Å². The molecule has 0 aromatic rings. The average molecular weight is 467 g/mol. The molecule has 0 saturated heterocycles. The number of nitrogens with zero attached hydrogens (tertiary/aromatic N) is 1. The molecule has 6 heteroatoms. The predicted molar refractivity (Wildman–Crippen MR) is 115 cm³/mol. The molecule has 0 bridgehead atoms. The van der Waals surface area contributed by atoms with E-state index >= 15 is 0 Å². The summed E-state index contributed by atoms with van der Waals surface area (Å²) in [6.07, 6.45) is 10.3. The highest BCUT2D eigenvalue weighted by molar-refractivity contribution is 14.0. The number of ether oxygens (including phenoxy) is 1. The van der Waals surface area contributed by atoms with E-state index in [0.29, 0.717) is 12.0 Å². The third-order valence-electron chi connectivity index (χ3n) is 5.68. The van der Waals surface area contributed by atoms with Crippen LogP contribution in [0, 0.1) is 5.41 Å². The van der Waals surface area contributed by atoms with Gasteiger partial charge in [-0.25, -0.2) is 0 Å². The smallest absolute Gasteiger partial charge is 0.191 e. The average Bonchev–Trinajstić information content (AvgIpc) is 3.21. The van der Waals surface area contributed by atoms with Crippen molar-refractivity contribution in [1.82, 2.24) is 10.6 Å². The molecule has 2 fully saturated rings. The first kappa shape index (κ1) is 23.0. The van der Waals surface area contributed by atoms with Crippen LogP contribution < -0.4 is 10.6 Å². The SMILES string of the molecule is CCNC(=NCC1(CCOCC)CCCC1)NCC1(O)CCCC1.I. The summed E-state index contributed by atoms with van der Waals surface area (Å²) < 4.78 is 5.59. The highest BCUT2D eigenvalue weighted by atomic mass is 127. The summed E-state index contributed by atoms with van der Waals surface area (Å²) in [5.41, 5.74) is -0.238. The normalized spacial score (nSPS) is 21.8. The maximum Gasteiger partial charge on any atom is 0.191 e. The van der Waals surface area contributed by atoms with Gasteiger partial charge in [-0.15, -0.1) is 24.0 Å². The molecule has 0 radical (unpaired) electrons. The van der Waals surface area contributed by atoms with Crippen LogP contribution in [0.1, 0.15) is 71.6 Å². The fraction of sp³-hybridized carbons (Fsp3) is 0.947. The Kier molecular flexibility index (Phi) is 10.6. The van der Waals surface area contributed by atoms with Gasteiger partial charge in [0.25, 0.3) is 0 Å². The van der Waals surface area contributed by atoms with Crippen molar-refractivity contribution < 1.29 is 9.84 Å². The Labute approximate surface area is 170 Å². The zero-order valence-electron chi connectivity index (χ0n) is 16.1. The molecule has 5 nitrogen and oxygen atoms in total. The van der Waals surface area contributed by atoms with Gasteiger partial charge in [-0.2, -0.15) is 0 Å². The van der Waals surface area contributed by atoms with Crippen LogP contribution in [-0.2, 0) is 4.74 Å². The third-order valence-corrected chi connectivity index (χ3v) is 5.68. The van der Waals surface area contributed by atoms with Gasteiger partial charge in [0, 0.05) is 32.8 Å². The molecule has 3 N–H and O–H groups in total. The molecular formula is C19H38IN3O2. The van der Waals surface area contributed by atoms with E-state index in [0.717, 1.165) is 64.4 Å². The standard InChI is InChI=1S/C19H37N3O2.HI/c1-3-20-17(22-16-19(23)11-7-8-12-19)21-15-18(9-5-6-10-18)13-14-24-4-2;/h23H,3-16H2,1-2H3,(H2,20,21,22);1H. The summed E-state index contributed by atoms with van der Waals surface area (Å²) in [7, 11) is 0. The van der Waals surface area contributed by atoms with E-state index in [1.165, 1.54) is 25.7 Å². The number of hydrogen-bond donors (Lipinski definition) is 3. The zero-order chi connectivity index (χ0) is 17.3. The van der Waals surface area contributed by atoms with Gasteiger partial charge in [-0.3, -0.25) is 4.99 Å². The number of rotatable bonds is 9. The lowest BCUT2D eigenvalue weighted by Gasteiger charge is -2.28. The highest BCUT2D eigenvalue weighted by Gasteiger charge is 2.34. The Morgan fingerprint density at radius 2 is 1.68 bits per heavy atom. The number of halogens is 1. The molecule has 0 aromatic heterocycles. The van der Waals surface area contributed by atoms with Crippen LogP contribution in [0.4, 0.5) is 0 Å². The van der Waals surface area contributed by atoms with E-state index < -0.39 is 5.60 Å². The van der Waals surface area contributed by atoms with Crippen LogP contribution in [0.5, 0.6) is 0 Å². The summed E-state index contributed by atoms with van der Waals surface area (Å²) in [4.78, 5) is 4.87. The monoisotopic (exact) mass is 467 g/mol. The van der Waals surface area contributed by atoms with Crippen LogP contribution in [0.3, 0.4) is 0 Å². The van der Waals surface area contributed by atoms with Gasteiger partial charge in [0.15, 0.2) is 5.96 Å². The molecule has 0 unspecified atom stereocenters. The maximum atomic E-state index is 10.5. The Morgan fingerprint density at radius 1 is 1.04 bits per heavy atom. The first-order chi connectivity index (χ1) is 11.6. The van der Waals surface area contributed by atoms with Gasteiger partial charge in [0.2, 0.25) is 0 Å². The molecule has 0 heterocycles. The molecule has 0 aromatic carbocycles. The number of guanidine groups is 1. The van der Waals surface area contributed by atoms with Crippen molar-refractivity contribution in [3.8, 4) is 0 Å². The van der Waals surface area contributed by atoms with Gasteiger partial charge >= 0.3 is 0 Å². The quantitative estimate of drug-likeness (QED) is 0.210. The first-order valence-electron chi connectivity index (χ1n) is 9.94. The van der Waals surface area contributed by atoms with Gasteiger partial charge in [0.1, 0.15) is 0 Å². The van der Waals surface area contributed by atoms with Gasteiger partial charge < -0.3 is 20.5 Å². The lowest BCUT2D eigenvalue weighted by atomic mass is 9.83. The van der Waals surface area contributed by atoms with Crippen molar-refractivity contribution in [3.05, 3.63) is 0 Å². The Balaban J connectivity index is 0.00000312. The molecular weight excluding hydrogens is 429 g/mol. The van der Waals surface area contributed by atoms with Crippen molar-refractivity contribution in [2.24, 2.45) is 10.4 Å². The van der Waals surface area contributed by atoms with E-state index in [2.05, 4.69) is 24.5 Å². The Hall–Kier alpha value is -0.0800. The fourth-order valence-corrected chi connectivity index (χ4v) is 4.09. The van der Waals surface area contributed by atoms with E-state index in [4.69, 9.17) is 9.73 Å². The molecule has 2 rings (SSSR count). The van der Waals surface area contributed by atoms with Gasteiger partial charge in [-0.05, 0) is 51.4 Å². The van der Waals surface area contributed by atoms with Crippen molar-refractivity contribution >= 4 is 29.9 Å². The number of nitrogens with one attached hydrogen (secondary N) is 2. The van der Waals surface area contributed by atoms with E-state index in [-0.39, 0.29) is 24.0 Å². The van der Waals surface area contributed by atoms with Gasteiger partial charge in [-0.1, -0.05) is 25.7 Å². The number of aliphatic hydroxyl groups is 1. The summed E-state index contributed by atoms with van der Waals surface area (Å²) in [5.74, 6) is 0.848. The minimum Gasteiger partial charge on any atom is -0.388 e. The van der Waals surface area contributed by atoms with Crippen LogP contribution in [-0.4, -0.2) is 49.5 Å². The molecule has 0 amide bonds. The van der Waals surface area contributed by atoms with Crippen LogP contribution in [0.25, 0.3) is 0 Å². The Morgan fingerprint density at radius 3 is 2.28 bits per heavy atom. The van der Waals surface area contributed by atoms with E-state index in [1.807, 2.05) is 0 Å². The summed E-state index contributed by atoms with van der Waals surface area (Å²) in [6.45, 7) is 8.08. The molecule has 25 heavy (non-hydrogen) atoms. The number of hydrogen-bond acceptors (Lipinski definition) is 3. The second-order valence-corrected chi connectivity index (χ2v) is 7.63. The highest BCUT2D eigenvalue weighted by Crippen LogP contribution is 2.41. The third kappa shape index (κ3) is 7.59. The molecule has 148 valence electrons. The van der Waals surface area contributed by atoms with Crippen LogP contribution in [0.2, 0.25) is 0 Å². The lowest BCUT2D eigenvalue weighted by Crippen LogP contribution is -2.46. The number of aliphatic imine (C=N–C) groups is 1. The molecule has 2 aliphatic carbocycles. The summed E-state index contributed by atoms with van der Waals surface area (Å²) in [5, 5.41) is 17.2. The van der Waals surface area contributed by atoms with E-state index in [1.54, 1.807) is 0 Å². The molecule has 0 aliphatic heterocycles. The van der Waals surface area contributed by atoms with Crippen LogP contribution in [0.15, 0.2) is 4.99 Å². The van der Waals surface area contributed by atoms with Crippen molar-refractivity contribution in [3.63, 3.8) is 0 Å². The molecule has 0 atom stereocenters. The van der Waals surface area contributed by atoms with Crippen molar-refractivity contribution in [2.45, 2.75) is 77.2 Å². The first-order valence-corrected chi connectivity index (χ1v) is 9.94. The second kappa shape index (κ2) is 11.6. The minimum atomic E-state index is -0.545. The molecule has 2 saturated carbocycles. The zero-order valence-corrected chi connectivity index (χ0v) is 18.4. The molecule has 2 aliphatic rings. The predicted octanol–water partition coefficient (Wildman–Crippen LogP) is 3.45. The van der Waals surface area contributed by atoms with Crippen molar-refractivity contribution in [1.29, 1.82) is 0 Å².